The fraction of sp³-hybridized carbons (Fsp3) is 0.333. The van der Waals surface area contributed by atoms with Crippen molar-refractivity contribution in [3.63, 3.8) is 0 Å². The van der Waals surface area contributed by atoms with Gasteiger partial charge in [0, 0.05) is 36.9 Å². The standard InChI is InChI=1S/C33H41N7O/c1-23(2)31(27-14-12-25(13-15-27)19-35-21-33(4,5)22-41)29(26-10-8-7-9-11-26)18-28-24(3)16-17-40-30(20-36-39-34-6)37-38-32(28)40/h7-18,35,41H,19-22H2,1-6H3,(H,34,36)/b29-18-. The predicted octanol–water partition coefficient (Wildman–Crippen LogP) is 6.27. The number of aliphatic hydroxyl groups is 1. The van der Waals surface area contributed by atoms with E-state index in [1.807, 2.05) is 16.7 Å². The molecular formula is C33H41N7O. The zero-order valence-electron chi connectivity index (χ0n) is 24.9. The van der Waals surface area contributed by atoms with E-state index < -0.39 is 0 Å². The van der Waals surface area contributed by atoms with Crippen LogP contribution in [0.2, 0.25) is 0 Å². The summed E-state index contributed by atoms with van der Waals surface area (Å²) < 4.78 is 2.00. The number of rotatable bonds is 12. The zero-order chi connectivity index (χ0) is 29.4. The number of pyridine rings is 1. The minimum absolute atomic E-state index is 0.145. The monoisotopic (exact) mass is 551 g/mol. The Morgan fingerprint density at radius 3 is 2.37 bits per heavy atom. The van der Waals surface area contributed by atoms with Crippen molar-refractivity contribution >= 4 is 22.9 Å². The lowest BCUT2D eigenvalue weighted by molar-refractivity contribution is 0.156. The Morgan fingerprint density at radius 1 is 0.976 bits per heavy atom. The summed E-state index contributed by atoms with van der Waals surface area (Å²) in [6.45, 7) is 12.6. The summed E-state index contributed by atoms with van der Waals surface area (Å²) in [5.41, 5.74) is 12.7. The zero-order valence-corrected chi connectivity index (χ0v) is 24.9. The van der Waals surface area contributed by atoms with E-state index in [9.17, 15) is 5.11 Å². The largest absolute Gasteiger partial charge is 0.396 e. The van der Waals surface area contributed by atoms with Gasteiger partial charge in [0.1, 0.15) is 0 Å². The van der Waals surface area contributed by atoms with Crippen LogP contribution in [0.3, 0.4) is 0 Å². The number of aryl methyl sites for hydroxylation is 1. The molecule has 0 amide bonds. The fourth-order valence-corrected chi connectivity index (χ4v) is 4.76. The second-order valence-corrected chi connectivity index (χ2v) is 11.3. The van der Waals surface area contributed by atoms with Gasteiger partial charge in [-0.2, -0.15) is 5.11 Å². The maximum atomic E-state index is 9.54. The molecule has 0 saturated heterocycles. The van der Waals surface area contributed by atoms with Crippen molar-refractivity contribution in [2.75, 3.05) is 20.2 Å². The SMILES string of the molecule is CN=NNCc1nnc2c(/C=C(\C(=C(C)C)c3ccc(CNCC(C)(C)CO)cc3)c3ccccc3)c(C)ccn12. The Labute approximate surface area is 242 Å². The molecular weight excluding hydrogens is 510 g/mol. The molecule has 0 fully saturated rings. The second kappa shape index (κ2) is 13.5. The number of hydrogen-bond acceptors (Lipinski definition) is 6. The van der Waals surface area contributed by atoms with E-state index >= 15 is 0 Å². The third kappa shape index (κ3) is 7.34. The van der Waals surface area contributed by atoms with E-state index in [2.05, 4.69) is 127 Å². The van der Waals surface area contributed by atoms with Gasteiger partial charge in [0.25, 0.3) is 0 Å². The van der Waals surface area contributed by atoms with Gasteiger partial charge in [-0.3, -0.25) is 9.83 Å². The van der Waals surface area contributed by atoms with Crippen LogP contribution in [0.5, 0.6) is 0 Å². The van der Waals surface area contributed by atoms with Crippen LogP contribution in [-0.2, 0) is 13.1 Å². The highest BCUT2D eigenvalue weighted by Crippen LogP contribution is 2.36. The van der Waals surface area contributed by atoms with Crippen molar-refractivity contribution in [3.8, 4) is 0 Å². The number of benzene rings is 2. The first-order valence-electron chi connectivity index (χ1n) is 13.9. The maximum absolute atomic E-state index is 9.54. The molecule has 0 aliphatic carbocycles. The van der Waals surface area contributed by atoms with Crippen LogP contribution < -0.4 is 10.7 Å². The molecule has 214 valence electrons. The average Bonchev–Trinajstić information content (AvgIpc) is 3.38. The lowest BCUT2D eigenvalue weighted by Crippen LogP contribution is -2.31. The molecule has 0 saturated carbocycles. The first-order valence-corrected chi connectivity index (χ1v) is 13.9. The molecule has 0 aliphatic rings. The molecule has 8 heteroatoms. The van der Waals surface area contributed by atoms with Gasteiger partial charge in [-0.05, 0) is 66.3 Å². The summed E-state index contributed by atoms with van der Waals surface area (Å²) in [4.78, 5) is 0. The third-order valence-electron chi connectivity index (χ3n) is 7.06. The molecule has 2 aromatic heterocycles. The van der Waals surface area contributed by atoms with E-state index in [1.165, 1.54) is 16.7 Å². The summed E-state index contributed by atoms with van der Waals surface area (Å²) >= 11 is 0. The highest BCUT2D eigenvalue weighted by atomic mass is 16.3. The number of nitrogens with zero attached hydrogens (tertiary/aromatic N) is 5. The normalized spacial score (nSPS) is 12.3. The lowest BCUT2D eigenvalue weighted by atomic mass is 9.87. The highest BCUT2D eigenvalue weighted by Gasteiger charge is 2.18. The molecule has 0 radical (unpaired) electrons. The number of nitrogens with one attached hydrogen (secondary N) is 2. The van der Waals surface area contributed by atoms with E-state index in [4.69, 9.17) is 0 Å². The molecule has 0 aliphatic heterocycles. The van der Waals surface area contributed by atoms with Gasteiger partial charge in [-0.25, -0.2) is 0 Å². The smallest absolute Gasteiger partial charge is 0.168 e. The molecule has 0 unspecified atom stereocenters. The first kappa shape index (κ1) is 29.8. The second-order valence-electron chi connectivity index (χ2n) is 11.3. The number of allylic oxidation sites excluding steroid dienone is 3. The van der Waals surface area contributed by atoms with E-state index in [1.54, 1.807) is 7.05 Å². The van der Waals surface area contributed by atoms with Crippen molar-refractivity contribution in [2.24, 2.45) is 15.8 Å². The average molecular weight is 552 g/mol. The molecule has 3 N–H and O–H groups in total. The highest BCUT2D eigenvalue weighted by molar-refractivity contribution is 6.12. The van der Waals surface area contributed by atoms with Gasteiger partial charge in [-0.15, -0.1) is 10.2 Å². The fourth-order valence-electron chi connectivity index (χ4n) is 4.76. The van der Waals surface area contributed by atoms with E-state index in [0.29, 0.717) is 6.54 Å². The van der Waals surface area contributed by atoms with Gasteiger partial charge in [0.15, 0.2) is 11.5 Å². The molecule has 2 aromatic carbocycles. The van der Waals surface area contributed by atoms with Crippen LogP contribution in [-0.4, -0.2) is 39.9 Å². The Morgan fingerprint density at radius 2 is 1.71 bits per heavy atom. The van der Waals surface area contributed by atoms with Crippen LogP contribution >= 0.6 is 0 Å². The van der Waals surface area contributed by atoms with Crippen LogP contribution in [0.4, 0.5) is 0 Å². The molecule has 0 spiro atoms. The van der Waals surface area contributed by atoms with Gasteiger partial charge in [0.05, 0.1) is 13.6 Å². The Bertz CT molecular complexity index is 1540. The van der Waals surface area contributed by atoms with Crippen molar-refractivity contribution in [1.29, 1.82) is 0 Å². The van der Waals surface area contributed by atoms with Crippen molar-refractivity contribution in [1.82, 2.24) is 25.3 Å². The van der Waals surface area contributed by atoms with Gasteiger partial charge >= 0.3 is 0 Å². The van der Waals surface area contributed by atoms with Crippen LogP contribution in [0, 0.1) is 12.3 Å². The Kier molecular flexibility index (Phi) is 9.81. The molecule has 4 rings (SSSR count). The van der Waals surface area contributed by atoms with E-state index in [0.717, 1.165) is 52.4 Å². The van der Waals surface area contributed by atoms with Crippen LogP contribution in [0.25, 0.3) is 22.9 Å². The van der Waals surface area contributed by atoms with Crippen molar-refractivity contribution in [2.45, 2.75) is 47.7 Å². The van der Waals surface area contributed by atoms with Gasteiger partial charge in [-0.1, -0.05) is 79.2 Å². The Hall–Kier alpha value is -4.14. The third-order valence-corrected chi connectivity index (χ3v) is 7.06. The first-order chi connectivity index (χ1) is 19.7. The summed E-state index contributed by atoms with van der Waals surface area (Å²) in [6.07, 6.45) is 4.24. The lowest BCUT2D eigenvalue weighted by Gasteiger charge is -2.22. The quantitative estimate of drug-likeness (QED) is 0.110. The number of fused-ring (bicyclic) bond motifs is 1. The molecule has 0 bridgehead atoms. The van der Waals surface area contributed by atoms with Crippen molar-refractivity contribution in [3.05, 3.63) is 106 Å². The molecule has 0 atom stereocenters. The summed E-state index contributed by atoms with van der Waals surface area (Å²) in [7, 11) is 1.62. The molecule has 41 heavy (non-hydrogen) atoms. The van der Waals surface area contributed by atoms with Gasteiger partial charge in [0.2, 0.25) is 0 Å². The Balaban J connectivity index is 1.76. The number of hydrogen-bond donors (Lipinski definition) is 3. The maximum Gasteiger partial charge on any atom is 0.168 e. The minimum atomic E-state index is -0.145. The van der Waals surface area contributed by atoms with Crippen LogP contribution in [0.1, 0.15) is 61.3 Å². The topological polar surface area (TPSA) is 99.2 Å². The molecule has 4 aromatic rings. The summed E-state index contributed by atoms with van der Waals surface area (Å²) in [6, 6.07) is 21.3. The molecule has 8 nitrogen and oxygen atoms in total. The predicted molar refractivity (Wildman–Crippen MR) is 167 cm³/mol. The molecule has 2 heterocycles. The summed E-state index contributed by atoms with van der Waals surface area (Å²) in [5.74, 6) is 0.761. The van der Waals surface area contributed by atoms with Crippen molar-refractivity contribution < 1.29 is 5.11 Å². The number of aromatic nitrogens is 3. The minimum Gasteiger partial charge on any atom is -0.396 e. The van der Waals surface area contributed by atoms with Gasteiger partial charge < -0.3 is 10.4 Å². The van der Waals surface area contributed by atoms with Crippen LogP contribution in [0.15, 0.2) is 82.8 Å². The van der Waals surface area contributed by atoms with E-state index in [-0.39, 0.29) is 12.0 Å². The summed E-state index contributed by atoms with van der Waals surface area (Å²) in [5, 5.41) is 29.6. The number of aliphatic hydroxyl groups excluding tert-OH is 1.